The Balaban J connectivity index is 2.08. The molecule has 1 saturated heterocycles. The molecule has 3 heteroatoms. The highest BCUT2D eigenvalue weighted by Crippen LogP contribution is 2.38. The average Bonchev–Trinajstić information content (AvgIpc) is 2.28. The highest BCUT2D eigenvalue weighted by atomic mass is 16.2. The average molecular weight is 229 g/mol. The van der Waals surface area contributed by atoms with Crippen molar-refractivity contribution in [2.75, 3.05) is 0 Å². The van der Waals surface area contributed by atoms with E-state index in [4.69, 9.17) is 0 Å². The number of benzene rings is 1. The van der Waals surface area contributed by atoms with Crippen LogP contribution in [0.1, 0.15) is 36.9 Å². The summed E-state index contributed by atoms with van der Waals surface area (Å²) in [7, 11) is 0. The molecule has 1 amide bonds. The number of carbonyl (C=O) groups excluding carboxylic acids is 2. The Morgan fingerprint density at radius 1 is 1.18 bits per heavy atom. The van der Waals surface area contributed by atoms with Crippen molar-refractivity contribution in [3.8, 4) is 0 Å². The van der Waals surface area contributed by atoms with E-state index in [1.54, 1.807) is 0 Å². The van der Waals surface area contributed by atoms with Crippen LogP contribution in [-0.4, -0.2) is 22.6 Å². The summed E-state index contributed by atoms with van der Waals surface area (Å²) in [6, 6.07) is 8.00. The van der Waals surface area contributed by atoms with Crippen molar-refractivity contribution in [1.82, 2.24) is 4.90 Å². The van der Waals surface area contributed by atoms with Crippen LogP contribution >= 0.6 is 0 Å². The third-order valence-electron chi connectivity index (χ3n) is 3.80. The lowest BCUT2D eigenvalue weighted by Crippen LogP contribution is -2.50. The highest BCUT2D eigenvalue weighted by Gasteiger charge is 2.40. The predicted molar refractivity (Wildman–Crippen MR) is 63.4 cm³/mol. The zero-order chi connectivity index (χ0) is 12.0. The normalized spacial score (nSPS) is 27.7. The minimum Gasteiger partial charge on any atom is -0.332 e. The smallest absolute Gasteiger partial charge is 0.227 e. The Hall–Kier alpha value is -1.64. The quantitative estimate of drug-likeness (QED) is 0.681. The predicted octanol–water partition coefficient (Wildman–Crippen LogP) is 1.86. The lowest BCUT2D eigenvalue weighted by Gasteiger charge is -2.43. The van der Waals surface area contributed by atoms with Crippen LogP contribution in [0.2, 0.25) is 0 Å². The van der Waals surface area contributed by atoms with E-state index in [2.05, 4.69) is 0 Å². The fourth-order valence-corrected chi connectivity index (χ4v) is 3.09. The summed E-state index contributed by atoms with van der Waals surface area (Å²) in [5.41, 5.74) is 2.24. The summed E-state index contributed by atoms with van der Waals surface area (Å²) < 4.78 is 0. The molecular formula is C14H15NO2. The number of piperidine rings is 1. The van der Waals surface area contributed by atoms with E-state index in [0.717, 1.165) is 11.1 Å². The maximum absolute atomic E-state index is 12.1. The number of fused-ring (bicyclic) bond motifs is 3. The number of hydrogen-bond acceptors (Lipinski definition) is 2. The second-order valence-corrected chi connectivity index (χ2v) is 4.99. The molecule has 0 N–H and O–H groups in total. The fourth-order valence-electron chi connectivity index (χ4n) is 3.09. The van der Waals surface area contributed by atoms with Gasteiger partial charge in [0.25, 0.3) is 0 Å². The van der Waals surface area contributed by atoms with Crippen molar-refractivity contribution in [3.63, 3.8) is 0 Å². The van der Waals surface area contributed by atoms with Crippen LogP contribution in [0.4, 0.5) is 0 Å². The maximum Gasteiger partial charge on any atom is 0.227 e. The summed E-state index contributed by atoms with van der Waals surface area (Å²) in [6.45, 7) is 1.97. The SMILES string of the molecule is C[C@H]1CC(=O)C[C@@H]2c3ccccc3CC(=O)N21. The van der Waals surface area contributed by atoms with E-state index >= 15 is 0 Å². The minimum absolute atomic E-state index is 0.0244. The van der Waals surface area contributed by atoms with Gasteiger partial charge in [-0.2, -0.15) is 0 Å². The summed E-state index contributed by atoms with van der Waals surface area (Å²) in [4.78, 5) is 25.7. The second kappa shape index (κ2) is 3.69. The molecule has 3 nitrogen and oxygen atoms in total. The number of amides is 1. The van der Waals surface area contributed by atoms with Gasteiger partial charge in [0.05, 0.1) is 12.5 Å². The Labute approximate surface area is 100 Å². The summed E-state index contributed by atoms with van der Waals surface area (Å²) in [5.74, 6) is 0.428. The van der Waals surface area contributed by atoms with Gasteiger partial charge in [-0.25, -0.2) is 0 Å². The van der Waals surface area contributed by atoms with Crippen LogP contribution in [0.3, 0.4) is 0 Å². The van der Waals surface area contributed by atoms with Crippen LogP contribution < -0.4 is 0 Å². The maximum atomic E-state index is 12.1. The number of Topliss-reactive ketones (excluding diaryl/α,β-unsaturated/α-hetero) is 1. The highest BCUT2D eigenvalue weighted by molar-refractivity contribution is 5.88. The molecule has 2 aliphatic rings. The molecule has 0 unspecified atom stereocenters. The standard InChI is InChI=1S/C14H15NO2/c1-9-6-11(16)8-13-12-5-3-2-4-10(12)7-14(17)15(9)13/h2-5,9,13H,6-8H2,1H3/t9-,13+/m0/s1. The van der Waals surface area contributed by atoms with Crippen molar-refractivity contribution >= 4 is 11.7 Å². The molecule has 0 aromatic heterocycles. The van der Waals surface area contributed by atoms with Gasteiger partial charge in [-0.1, -0.05) is 24.3 Å². The van der Waals surface area contributed by atoms with Crippen molar-refractivity contribution in [2.24, 2.45) is 0 Å². The molecule has 0 saturated carbocycles. The van der Waals surface area contributed by atoms with Gasteiger partial charge in [0.15, 0.2) is 0 Å². The number of carbonyl (C=O) groups is 2. The van der Waals surface area contributed by atoms with E-state index < -0.39 is 0 Å². The molecule has 88 valence electrons. The van der Waals surface area contributed by atoms with Crippen molar-refractivity contribution in [1.29, 1.82) is 0 Å². The Morgan fingerprint density at radius 3 is 2.76 bits per heavy atom. The van der Waals surface area contributed by atoms with E-state index in [9.17, 15) is 9.59 Å². The molecule has 0 radical (unpaired) electrons. The molecular weight excluding hydrogens is 214 g/mol. The van der Waals surface area contributed by atoms with Gasteiger partial charge in [0, 0.05) is 18.9 Å². The molecule has 2 heterocycles. The lowest BCUT2D eigenvalue weighted by molar-refractivity contribution is -0.142. The second-order valence-electron chi connectivity index (χ2n) is 4.99. The van der Waals surface area contributed by atoms with E-state index in [-0.39, 0.29) is 23.8 Å². The van der Waals surface area contributed by atoms with Crippen molar-refractivity contribution < 1.29 is 9.59 Å². The molecule has 1 aromatic rings. The molecule has 0 aliphatic carbocycles. The molecule has 0 bridgehead atoms. The number of hydrogen-bond donors (Lipinski definition) is 0. The molecule has 1 aromatic carbocycles. The first-order chi connectivity index (χ1) is 8.16. The summed E-state index contributed by atoms with van der Waals surface area (Å²) in [6.07, 6.45) is 1.46. The van der Waals surface area contributed by atoms with Crippen LogP contribution in [0.15, 0.2) is 24.3 Å². The Bertz CT molecular complexity index is 495. The zero-order valence-corrected chi connectivity index (χ0v) is 9.85. The largest absolute Gasteiger partial charge is 0.332 e. The van der Waals surface area contributed by atoms with Crippen LogP contribution in [-0.2, 0) is 16.0 Å². The van der Waals surface area contributed by atoms with Gasteiger partial charge < -0.3 is 4.90 Å². The number of nitrogens with zero attached hydrogens (tertiary/aromatic N) is 1. The van der Waals surface area contributed by atoms with Gasteiger partial charge >= 0.3 is 0 Å². The topological polar surface area (TPSA) is 37.4 Å². The first-order valence-corrected chi connectivity index (χ1v) is 6.07. The first-order valence-electron chi connectivity index (χ1n) is 6.07. The number of ketones is 1. The molecule has 2 aliphatic heterocycles. The van der Waals surface area contributed by atoms with E-state index in [0.29, 0.717) is 19.3 Å². The molecule has 17 heavy (non-hydrogen) atoms. The van der Waals surface area contributed by atoms with Gasteiger partial charge in [0.1, 0.15) is 5.78 Å². The molecule has 2 atom stereocenters. The Kier molecular flexibility index (Phi) is 2.28. The van der Waals surface area contributed by atoms with Crippen LogP contribution in [0.25, 0.3) is 0 Å². The van der Waals surface area contributed by atoms with E-state index in [1.807, 2.05) is 36.1 Å². The minimum atomic E-state index is -0.0244. The molecule has 3 rings (SSSR count). The lowest BCUT2D eigenvalue weighted by atomic mass is 9.84. The third-order valence-corrected chi connectivity index (χ3v) is 3.80. The van der Waals surface area contributed by atoms with Gasteiger partial charge in [0.2, 0.25) is 5.91 Å². The van der Waals surface area contributed by atoms with Gasteiger partial charge in [-0.3, -0.25) is 9.59 Å². The monoisotopic (exact) mass is 229 g/mol. The first kappa shape index (κ1) is 10.5. The van der Waals surface area contributed by atoms with Crippen LogP contribution in [0, 0.1) is 0 Å². The summed E-state index contributed by atoms with van der Waals surface area (Å²) in [5, 5.41) is 0. The zero-order valence-electron chi connectivity index (χ0n) is 9.85. The van der Waals surface area contributed by atoms with Crippen LogP contribution in [0.5, 0.6) is 0 Å². The third kappa shape index (κ3) is 1.57. The Morgan fingerprint density at radius 2 is 1.94 bits per heavy atom. The van der Waals surface area contributed by atoms with Crippen molar-refractivity contribution in [2.45, 2.75) is 38.3 Å². The van der Waals surface area contributed by atoms with Gasteiger partial charge in [-0.05, 0) is 18.1 Å². The van der Waals surface area contributed by atoms with E-state index in [1.165, 1.54) is 0 Å². The fraction of sp³-hybridized carbons (Fsp3) is 0.429. The van der Waals surface area contributed by atoms with Gasteiger partial charge in [-0.15, -0.1) is 0 Å². The molecule has 1 fully saturated rings. The van der Waals surface area contributed by atoms with Crippen molar-refractivity contribution in [3.05, 3.63) is 35.4 Å². The number of rotatable bonds is 0. The molecule has 0 spiro atoms. The summed E-state index contributed by atoms with van der Waals surface area (Å²) >= 11 is 0.